The Morgan fingerprint density at radius 2 is 2.13 bits per heavy atom. The molecule has 0 saturated carbocycles. The van der Waals surface area contributed by atoms with E-state index in [0.29, 0.717) is 17.4 Å². The highest BCUT2D eigenvalue weighted by Gasteiger charge is 2.35. The number of nitrogens with zero attached hydrogens (tertiary/aromatic N) is 6. The highest BCUT2D eigenvalue weighted by molar-refractivity contribution is 7.99. The second kappa shape index (κ2) is 7.93. The lowest BCUT2D eigenvalue weighted by atomic mass is 10.1. The molecule has 0 fully saturated rings. The smallest absolute Gasteiger partial charge is 0.253 e. The number of aromatic nitrogens is 4. The lowest BCUT2D eigenvalue weighted by Crippen LogP contribution is -2.28. The van der Waals surface area contributed by atoms with Gasteiger partial charge < -0.3 is 4.42 Å². The van der Waals surface area contributed by atoms with Gasteiger partial charge in [-0.3, -0.25) is 4.79 Å². The van der Waals surface area contributed by atoms with E-state index in [1.165, 1.54) is 16.8 Å². The van der Waals surface area contributed by atoms with Gasteiger partial charge in [-0.25, -0.2) is 14.5 Å². The Morgan fingerprint density at radius 1 is 1.26 bits per heavy atom. The van der Waals surface area contributed by atoms with Gasteiger partial charge in [-0.15, -0.1) is 16.4 Å². The quantitative estimate of drug-likeness (QED) is 0.422. The van der Waals surface area contributed by atoms with Crippen LogP contribution in [0.4, 0.5) is 0 Å². The van der Waals surface area contributed by atoms with E-state index in [4.69, 9.17) is 4.42 Å². The molecule has 1 aliphatic heterocycles. The van der Waals surface area contributed by atoms with Crippen LogP contribution in [0.3, 0.4) is 0 Å². The summed E-state index contributed by atoms with van der Waals surface area (Å²) in [5.74, 6) is 1.33. The van der Waals surface area contributed by atoms with E-state index in [0.717, 1.165) is 33.3 Å². The minimum Gasteiger partial charge on any atom is -0.467 e. The Kier molecular flexibility index (Phi) is 5.11. The molecule has 1 aliphatic rings. The molecule has 5 heterocycles. The highest BCUT2D eigenvalue weighted by atomic mass is 32.2. The molecule has 4 aromatic rings. The zero-order valence-electron chi connectivity index (χ0n) is 17.3. The molecule has 0 N–H and O–H groups in total. The molecule has 8 nitrogen and oxygen atoms in total. The minimum atomic E-state index is -0.247. The number of aryl methyl sites for hydroxylation is 2. The molecule has 158 valence electrons. The predicted molar refractivity (Wildman–Crippen MR) is 119 cm³/mol. The normalized spacial score (nSPS) is 16.3. The standard InChI is InChI=1S/C21H20N6O2S2/c1-12-13(2)22-20-23-21(25-26(20)14(12)3)31-11-19(28)27-16(17-6-4-8-29-17)10-15(24-27)18-7-5-9-30-18/h4-9,16H,10-11H2,1-3H3. The summed E-state index contributed by atoms with van der Waals surface area (Å²) < 4.78 is 7.32. The van der Waals surface area contributed by atoms with Gasteiger partial charge >= 0.3 is 0 Å². The molecule has 10 heteroatoms. The number of thiophene rings is 1. The number of amides is 1. The van der Waals surface area contributed by atoms with Gasteiger partial charge in [-0.1, -0.05) is 17.8 Å². The summed E-state index contributed by atoms with van der Waals surface area (Å²) >= 11 is 2.90. The number of hydrazone groups is 1. The van der Waals surface area contributed by atoms with Gasteiger partial charge in [0.25, 0.3) is 11.7 Å². The maximum atomic E-state index is 13.1. The van der Waals surface area contributed by atoms with E-state index < -0.39 is 0 Å². The van der Waals surface area contributed by atoms with Crippen LogP contribution in [0.2, 0.25) is 0 Å². The number of thioether (sulfide) groups is 1. The molecule has 4 aromatic heterocycles. The first-order valence-corrected chi connectivity index (χ1v) is 11.7. The second-order valence-corrected chi connectivity index (χ2v) is 9.19. The van der Waals surface area contributed by atoms with Crippen molar-refractivity contribution in [2.24, 2.45) is 5.10 Å². The van der Waals surface area contributed by atoms with E-state index in [1.807, 2.05) is 50.4 Å². The van der Waals surface area contributed by atoms with E-state index in [9.17, 15) is 4.79 Å². The monoisotopic (exact) mass is 452 g/mol. The van der Waals surface area contributed by atoms with Crippen molar-refractivity contribution in [1.29, 1.82) is 0 Å². The van der Waals surface area contributed by atoms with Gasteiger partial charge in [0.1, 0.15) is 11.8 Å². The second-order valence-electron chi connectivity index (χ2n) is 7.30. The Morgan fingerprint density at radius 3 is 2.87 bits per heavy atom. The van der Waals surface area contributed by atoms with E-state index in [2.05, 4.69) is 20.2 Å². The fourth-order valence-corrected chi connectivity index (χ4v) is 4.92. The minimum absolute atomic E-state index is 0.117. The summed E-state index contributed by atoms with van der Waals surface area (Å²) in [5.41, 5.74) is 3.90. The first-order valence-electron chi connectivity index (χ1n) is 9.81. The fraction of sp³-hybridized carbons (Fsp3) is 0.286. The third-order valence-electron chi connectivity index (χ3n) is 5.41. The number of fused-ring (bicyclic) bond motifs is 1. The zero-order chi connectivity index (χ0) is 21.5. The SMILES string of the molecule is Cc1nc2nc(SCC(=O)N3N=C(c4cccs4)CC3c3ccco3)nn2c(C)c1C. The maximum Gasteiger partial charge on any atom is 0.253 e. The molecule has 0 radical (unpaired) electrons. The highest BCUT2D eigenvalue weighted by Crippen LogP contribution is 2.34. The molecule has 1 unspecified atom stereocenters. The summed E-state index contributed by atoms with van der Waals surface area (Å²) in [4.78, 5) is 23.1. The largest absolute Gasteiger partial charge is 0.467 e. The van der Waals surface area contributed by atoms with Crippen molar-refractivity contribution in [3.63, 3.8) is 0 Å². The third-order valence-corrected chi connectivity index (χ3v) is 7.15. The van der Waals surface area contributed by atoms with Crippen LogP contribution in [0.15, 0.2) is 50.6 Å². The molecule has 31 heavy (non-hydrogen) atoms. The van der Waals surface area contributed by atoms with Crippen LogP contribution < -0.4 is 0 Å². The molecule has 1 atom stereocenters. The molecule has 1 amide bonds. The average molecular weight is 453 g/mol. The van der Waals surface area contributed by atoms with Crippen molar-refractivity contribution < 1.29 is 9.21 Å². The predicted octanol–water partition coefficient (Wildman–Crippen LogP) is 4.17. The molecule has 0 aromatic carbocycles. The van der Waals surface area contributed by atoms with Crippen LogP contribution in [-0.2, 0) is 4.79 Å². The van der Waals surface area contributed by atoms with Gasteiger partial charge in [0.15, 0.2) is 0 Å². The van der Waals surface area contributed by atoms with E-state index in [-0.39, 0.29) is 17.7 Å². The molecule has 0 aliphatic carbocycles. The summed E-state index contributed by atoms with van der Waals surface area (Å²) in [6.07, 6.45) is 2.24. The van der Waals surface area contributed by atoms with Gasteiger partial charge in [0.05, 0.1) is 22.6 Å². The number of hydrogen-bond donors (Lipinski definition) is 0. The molecule has 5 rings (SSSR count). The van der Waals surface area contributed by atoms with Crippen molar-refractivity contribution in [3.05, 3.63) is 63.5 Å². The molecule has 0 spiro atoms. The van der Waals surface area contributed by atoms with Crippen molar-refractivity contribution >= 4 is 40.5 Å². The van der Waals surface area contributed by atoms with Gasteiger partial charge in [-0.05, 0) is 49.9 Å². The number of furan rings is 1. The van der Waals surface area contributed by atoms with Crippen LogP contribution in [0.5, 0.6) is 0 Å². The topological polar surface area (TPSA) is 88.9 Å². The number of hydrogen-bond acceptors (Lipinski definition) is 8. The summed E-state index contributed by atoms with van der Waals surface area (Å²) in [6, 6.07) is 7.47. The van der Waals surface area contributed by atoms with Crippen molar-refractivity contribution in [2.75, 3.05) is 5.75 Å². The van der Waals surface area contributed by atoms with Gasteiger partial charge in [-0.2, -0.15) is 10.1 Å². The number of carbonyl (C=O) groups excluding carboxylic acids is 1. The number of rotatable bonds is 5. The van der Waals surface area contributed by atoms with Crippen molar-refractivity contribution in [3.8, 4) is 0 Å². The Balaban J connectivity index is 1.37. The summed E-state index contributed by atoms with van der Waals surface area (Å²) in [5, 5.41) is 13.2. The van der Waals surface area contributed by atoms with Crippen LogP contribution in [0.25, 0.3) is 5.78 Å². The van der Waals surface area contributed by atoms with Crippen LogP contribution in [0.1, 0.15) is 40.1 Å². The summed E-state index contributed by atoms with van der Waals surface area (Å²) in [6.45, 7) is 5.96. The van der Waals surface area contributed by atoms with Crippen molar-refractivity contribution in [1.82, 2.24) is 24.6 Å². The Bertz CT molecular complexity index is 1280. The number of carbonyl (C=O) groups is 1. The maximum absolute atomic E-state index is 13.1. The van der Waals surface area contributed by atoms with Gasteiger partial charge in [0, 0.05) is 17.8 Å². The van der Waals surface area contributed by atoms with Gasteiger partial charge in [0.2, 0.25) is 5.16 Å². The zero-order valence-corrected chi connectivity index (χ0v) is 18.9. The Hall–Kier alpha value is -2.98. The lowest BCUT2D eigenvalue weighted by Gasteiger charge is -2.19. The first-order chi connectivity index (χ1) is 15.0. The first kappa shape index (κ1) is 20.0. The molecular formula is C21H20N6O2S2. The average Bonchev–Trinajstić information content (AvgIpc) is 3.54. The van der Waals surface area contributed by atoms with Crippen molar-refractivity contribution in [2.45, 2.75) is 38.4 Å². The summed E-state index contributed by atoms with van der Waals surface area (Å²) in [7, 11) is 0. The fourth-order valence-electron chi connectivity index (χ4n) is 3.53. The van der Waals surface area contributed by atoms with Crippen LogP contribution in [-0.4, -0.2) is 42.0 Å². The van der Waals surface area contributed by atoms with E-state index in [1.54, 1.807) is 22.1 Å². The van der Waals surface area contributed by atoms with Crippen LogP contribution >= 0.6 is 23.1 Å². The van der Waals surface area contributed by atoms with Crippen LogP contribution in [0, 0.1) is 20.8 Å². The van der Waals surface area contributed by atoms with E-state index >= 15 is 0 Å². The Labute approximate surface area is 187 Å². The molecular weight excluding hydrogens is 432 g/mol. The lowest BCUT2D eigenvalue weighted by molar-refractivity contribution is -0.130. The molecule has 0 saturated heterocycles. The molecule has 0 bridgehead atoms. The third kappa shape index (κ3) is 3.66.